The number of carbonyl (C=O) groups excluding carboxylic acids is 1. The van der Waals surface area contributed by atoms with Gasteiger partial charge in [0.2, 0.25) is 0 Å². The van der Waals surface area contributed by atoms with E-state index in [0.717, 1.165) is 28.0 Å². The standard InChI is InChI=1S/C24H17NO4/c1-27-14-9-10-17(20(12-14)28-2)21-13-19(24(26)29-21)22-15-6-3-4-7-16(15)23-18(22)8-5-11-25-23/h3-13H,1-2H3/b22-19-. The van der Waals surface area contributed by atoms with Gasteiger partial charge in [0.1, 0.15) is 17.3 Å². The van der Waals surface area contributed by atoms with Crippen LogP contribution in [-0.4, -0.2) is 25.2 Å². The van der Waals surface area contributed by atoms with Crippen molar-refractivity contribution in [3.63, 3.8) is 0 Å². The molecular weight excluding hydrogens is 366 g/mol. The summed E-state index contributed by atoms with van der Waals surface area (Å²) in [4.78, 5) is 17.4. The van der Waals surface area contributed by atoms with E-state index < -0.39 is 0 Å². The van der Waals surface area contributed by atoms with Crippen LogP contribution in [0.5, 0.6) is 11.5 Å². The lowest BCUT2D eigenvalue weighted by atomic mass is 9.98. The molecule has 0 bridgehead atoms. The molecule has 5 heteroatoms. The fourth-order valence-corrected chi connectivity index (χ4v) is 3.85. The second-order valence-electron chi connectivity index (χ2n) is 6.70. The molecule has 0 N–H and O–H groups in total. The summed E-state index contributed by atoms with van der Waals surface area (Å²) in [6, 6.07) is 17.2. The van der Waals surface area contributed by atoms with E-state index in [4.69, 9.17) is 14.2 Å². The number of methoxy groups -OCH3 is 2. The minimum absolute atomic E-state index is 0.389. The number of cyclic esters (lactones) is 1. The zero-order chi connectivity index (χ0) is 20.0. The van der Waals surface area contributed by atoms with Gasteiger partial charge in [0.15, 0.2) is 0 Å². The minimum Gasteiger partial charge on any atom is -0.497 e. The van der Waals surface area contributed by atoms with Crippen molar-refractivity contribution < 1.29 is 19.0 Å². The van der Waals surface area contributed by atoms with Crippen molar-refractivity contribution in [3.05, 3.63) is 89.1 Å². The molecule has 0 spiro atoms. The van der Waals surface area contributed by atoms with Gasteiger partial charge in [0, 0.05) is 29.0 Å². The normalized spacial score (nSPS) is 16.8. The Bertz CT molecular complexity index is 1180. The van der Waals surface area contributed by atoms with Crippen LogP contribution >= 0.6 is 0 Å². The lowest BCUT2D eigenvalue weighted by Gasteiger charge is -2.10. The maximum Gasteiger partial charge on any atom is 0.344 e. The SMILES string of the molecule is COc1ccc(C2=C/C(=C3\c4ccccc4-c4ncccc43)C(=O)O2)c(OC)c1. The molecule has 2 heterocycles. The first-order valence-corrected chi connectivity index (χ1v) is 9.17. The van der Waals surface area contributed by atoms with Crippen LogP contribution in [-0.2, 0) is 9.53 Å². The van der Waals surface area contributed by atoms with Crippen molar-refractivity contribution in [1.29, 1.82) is 0 Å². The molecule has 2 aromatic carbocycles. The number of hydrogen-bond acceptors (Lipinski definition) is 5. The summed E-state index contributed by atoms with van der Waals surface area (Å²) in [5.74, 6) is 1.30. The van der Waals surface area contributed by atoms with Gasteiger partial charge in [-0.15, -0.1) is 0 Å². The van der Waals surface area contributed by atoms with E-state index in [-0.39, 0.29) is 5.97 Å². The molecule has 0 saturated heterocycles. The number of esters is 1. The highest BCUT2D eigenvalue weighted by Gasteiger charge is 2.33. The van der Waals surface area contributed by atoms with Gasteiger partial charge >= 0.3 is 5.97 Å². The first kappa shape index (κ1) is 17.3. The lowest BCUT2D eigenvalue weighted by Crippen LogP contribution is -2.01. The van der Waals surface area contributed by atoms with E-state index >= 15 is 0 Å². The lowest BCUT2D eigenvalue weighted by molar-refractivity contribution is -0.130. The molecule has 2 aliphatic rings. The second kappa shape index (κ2) is 6.63. The van der Waals surface area contributed by atoms with Crippen molar-refractivity contribution in [3.8, 4) is 22.8 Å². The molecule has 29 heavy (non-hydrogen) atoms. The Hall–Kier alpha value is -3.86. The van der Waals surface area contributed by atoms with Gasteiger partial charge in [-0.05, 0) is 29.8 Å². The van der Waals surface area contributed by atoms with Crippen molar-refractivity contribution >= 4 is 17.3 Å². The molecule has 0 atom stereocenters. The Kier molecular flexibility index (Phi) is 3.95. The Morgan fingerprint density at radius 3 is 2.45 bits per heavy atom. The number of pyridine rings is 1. The third-order valence-corrected chi connectivity index (χ3v) is 5.17. The van der Waals surface area contributed by atoms with Crippen LogP contribution in [0.1, 0.15) is 16.7 Å². The maximum atomic E-state index is 12.9. The molecule has 0 amide bonds. The van der Waals surface area contributed by atoms with Crippen LogP contribution < -0.4 is 9.47 Å². The number of hydrogen-bond donors (Lipinski definition) is 0. The van der Waals surface area contributed by atoms with Crippen LogP contribution in [0.3, 0.4) is 0 Å². The van der Waals surface area contributed by atoms with Crippen molar-refractivity contribution in [1.82, 2.24) is 4.98 Å². The predicted octanol–water partition coefficient (Wildman–Crippen LogP) is 4.48. The Labute approximate surface area is 167 Å². The molecule has 142 valence electrons. The van der Waals surface area contributed by atoms with Gasteiger partial charge in [-0.3, -0.25) is 4.98 Å². The Morgan fingerprint density at radius 2 is 1.66 bits per heavy atom. The molecule has 0 fully saturated rings. The van der Waals surface area contributed by atoms with Crippen LogP contribution in [0, 0.1) is 0 Å². The number of aromatic nitrogens is 1. The first-order chi connectivity index (χ1) is 14.2. The summed E-state index contributed by atoms with van der Waals surface area (Å²) in [7, 11) is 3.17. The number of rotatable bonds is 3. The van der Waals surface area contributed by atoms with Gasteiger partial charge in [0.25, 0.3) is 0 Å². The molecule has 5 rings (SSSR count). The molecule has 1 aromatic heterocycles. The highest BCUT2D eigenvalue weighted by Crippen LogP contribution is 2.46. The van der Waals surface area contributed by atoms with E-state index in [9.17, 15) is 4.79 Å². The molecule has 0 saturated carbocycles. The smallest absolute Gasteiger partial charge is 0.344 e. The van der Waals surface area contributed by atoms with Crippen LogP contribution in [0.25, 0.3) is 22.6 Å². The van der Waals surface area contributed by atoms with Crippen molar-refractivity contribution in [2.75, 3.05) is 14.2 Å². The van der Waals surface area contributed by atoms with E-state index in [1.165, 1.54) is 0 Å². The van der Waals surface area contributed by atoms with Crippen LogP contribution in [0.15, 0.2) is 72.4 Å². The summed E-state index contributed by atoms with van der Waals surface area (Å²) in [6.45, 7) is 0. The number of carbonyl (C=O) groups is 1. The van der Waals surface area contributed by atoms with Crippen LogP contribution in [0.2, 0.25) is 0 Å². The summed E-state index contributed by atoms with van der Waals surface area (Å²) < 4.78 is 16.4. The minimum atomic E-state index is -0.389. The molecular formula is C24H17NO4. The van der Waals surface area contributed by atoms with Crippen molar-refractivity contribution in [2.45, 2.75) is 0 Å². The average molecular weight is 383 g/mol. The third kappa shape index (κ3) is 2.63. The quantitative estimate of drug-likeness (QED) is 0.386. The van der Waals surface area contributed by atoms with Gasteiger partial charge in [-0.1, -0.05) is 30.3 Å². The Balaban J connectivity index is 1.71. The topological polar surface area (TPSA) is 57.7 Å². The molecule has 5 nitrogen and oxygen atoms in total. The number of benzene rings is 2. The zero-order valence-corrected chi connectivity index (χ0v) is 15.9. The first-order valence-electron chi connectivity index (χ1n) is 9.17. The largest absolute Gasteiger partial charge is 0.497 e. The number of nitrogens with zero attached hydrogens (tertiary/aromatic N) is 1. The summed E-state index contributed by atoms with van der Waals surface area (Å²) in [5.41, 5.74) is 5.85. The average Bonchev–Trinajstić information content (AvgIpc) is 3.30. The monoisotopic (exact) mass is 383 g/mol. The van der Waals surface area contributed by atoms with Crippen molar-refractivity contribution in [2.24, 2.45) is 0 Å². The summed E-state index contributed by atoms with van der Waals surface area (Å²) in [6.07, 6.45) is 3.54. The fourth-order valence-electron chi connectivity index (χ4n) is 3.85. The summed E-state index contributed by atoms with van der Waals surface area (Å²) >= 11 is 0. The molecule has 0 radical (unpaired) electrons. The Morgan fingerprint density at radius 1 is 0.862 bits per heavy atom. The van der Waals surface area contributed by atoms with Gasteiger partial charge in [-0.25, -0.2) is 4.79 Å². The second-order valence-corrected chi connectivity index (χ2v) is 6.70. The van der Waals surface area contributed by atoms with E-state index in [0.29, 0.717) is 28.4 Å². The van der Waals surface area contributed by atoms with Crippen LogP contribution in [0.4, 0.5) is 0 Å². The number of fused-ring (bicyclic) bond motifs is 3. The van der Waals surface area contributed by atoms with E-state index in [1.54, 1.807) is 32.6 Å². The van der Waals surface area contributed by atoms with Gasteiger partial charge < -0.3 is 14.2 Å². The van der Waals surface area contributed by atoms with E-state index in [1.807, 2.05) is 48.5 Å². The molecule has 1 aliphatic heterocycles. The van der Waals surface area contributed by atoms with Gasteiger partial charge in [-0.2, -0.15) is 0 Å². The summed E-state index contributed by atoms with van der Waals surface area (Å²) in [5, 5.41) is 0. The molecule has 3 aromatic rings. The fraction of sp³-hybridized carbons (Fsp3) is 0.0833. The highest BCUT2D eigenvalue weighted by atomic mass is 16.5. The highest BCUT2D eigenvalue weighted by molar-refractivity contribution is 6.14. The third-order valence-electron chi connectivity index (χ3n) is 5.17. The van der Waals surface area contributed by atoms with E-state index in [2.05, 4.69) is 4.98 Å². The van der Waals surface area contributed by atoms with Gasteiger partial charge in [0.05, 0.1) is 31.1 Å². The molecule has 0 unspecified atom stereocenters. The zero-order valence-electron chi connectivity index (χ0n) is 15.9. The maximum absolute atomic E-state index is 12.9. The number of ether oxygens (including phenoxy) is 3. The predicted molar refractivity (Wildman–Crippen MR) is 109 cm³/mol. The molecule has 1 aliphatic carbocycles.